The highest BCUT2D eigenvalue weighted by atomic mass is 35.5. The second-order valence-corrected chi connectivity index (χ2v) is 10.5. The number of piperazine rings is 1. The number of hydrogen-bond donors (Lipinski definition) is 3. The normalized spacial score (nSPS) is 12.9. The van der Waals surface area contributed by atoms with E-state index in [0.717, 1.165) is 54.4 Å². The summed E-state index contributed by atoms with van der Waals surface area (Å²) in [5.74, 6) is 0.629. The molecule has 0 bridgehead atoms. The smallest absolute Gasteiger partial charge is 0.323 e. The van der Waals surface area contributed by atoms with Crippen molar-refractivity contribution in [2.45, 2.75) is 13.5 Å². The van der Waals surface area contributed by atoms with E-state index in [4.69, 9.17) is 16.3 Å². The maximum absolute atomic E-state index is 13.5. The third-order valence-electron chi connectivity index (χ3n) is 7.27. The van der Waals surface area contributed by atoms with Crippen molar-refractivity contribution in [2.24, 2.45) is 0 Å². The molecular formula is C33H34ClN5O3. The van der Waals surface area contributed by atoms with Crippen LogP contribution in [0.4, 0.5) is 27.5 Å². The number of aryl methyl sites for hydroxylation is 1. The lowest BCUT2D eigenvalue weighted by atomic mass is 10.1. The maximum Gasteiger partial charge on any atom is 0.323 e. The molecule has 4 aromatic carbocycles. The topological polar surface area (TPSA) is 85.9 Å². The summed E-state index contributed by atoms with van der Waals surface area (Å²) in [6.45, 7) is 5.28. The molecule has 9 heteroatoms. The Morgan fingerprint density at radius 3 is 2.10 bits per heavy atom. The summed E-state index contributed by atoms with van der Waals surface area (Å²) in [7, 11) is 1.68. The molecule has 3 N–H and O–H groups in total. The average molecular weight is 584 g/mol. The van der Waals surface area contributed by atoms with Crippen LogP contribution in [0.25, 0.3) is 0 Å². The number of ether oxygens (including phenoxy) is 1. The van der Waals surface area contributed by atoms with Gasteiger partial charge in [0, 0.05) is 54.8 Å². The van der Waals surface area contributed by atoms with Gasteiger partial charge in [0.25, 0.3) is 5.91 Å². The lowest BCUT2D eigenvalue weighted by Gasteiger charge is -2.38. The summed E-state index contributed by atoms with van der Waals surface area (Å²) in [5, 5.41) is 9.26. The molecule has 1 aliphatic rings. The number of urea groups is 1. The molecule has 0 aliphatic carbocycles. The van der Waals surface area contributed by atoms with E-state index in [0.29, 0.717) is 28.5 Å². The Morgan fingerprint density at radius 2 is 1.40 bits per heavy atom. The van der Waals surface area contributed by atoms with Crippen LogP contribution in [0.3, 0.4) is 0 Å². The van der Waals surface area contributed by atoms with E-state index in [-0.39, 0.29) is 5.91 Å². The Kier molecular flexibility index (Phi) is 9.14. The summed E-state index contributed by atoms with van der Waals surface area (Å²) in [4.78, 5) is 30.8. The van der Waals surface area contributed by atoms with Gasteiger partial charge in [-0.1, -0.05) is 60.1 Å². The highest BCUT2D eigenvalue weighted by Gasteiger charge is 2.24. The Hall–Kier alpha value is -4.69. The van der Waals surface area contributed by atoms with E-state index in [1.165, 1.54) is 0 Å². The number of anilines is 4. The van der Waals surface area contributed by atoms with Crippen LogP contribution < -0.4 is 30.5 Å². The van der Waals surface area contributed by atoms with Crippen LogP contribution in [-0.4, -0.2) is 45.2 Å². The zero-order valence-corrected chi connectivity index (χ0v) is 24.4. The van der Waals surface area contributed by atoms with Gasteiger partial charge in [-0.2, -0.15) is 0 Å². The monoisotopic (exact) mass is 583 g/mol. The minimum atomic E-state index is -0.427. The lowest BCUT2D eigenvalue weighted by Crippen LogP contribution is -2.47. The molecule has 1 saturated heterocycles. The molecule has 0 radical (unpaired) electrons. The summed E-state index contributed by atoms with van der Waals surface area (Å²) in [5.41, 5.74) is 5.38. The molecule has 4 aromatic rings. The first kappa shape index (κ1) is 28.8. The number of nitrogens with one attached hydrogen (secondary N) is 3. The highest BCUT2D eigenvalue weighted by molar-refractivity contribution is 6.31. The number of methoxy groups -OCH3 is 1. The summed E-state index contributed by atoms with van der Waals surface area (Å²) < 4.78 is 5.56. The summed E-state index contributed by atoms with van der Waals surface area (Å²) >= 11 is 6.21. The second kappa shape index (κ2) is 13.3. The van der Waals surface area contributed by atoms with E-state index in [1.54, 1.807) is 25.3 Å². The van der Waals surface area contributed by atoms with Crippen molar-refractivity contribution in [3.63, 3.8) is 0 Å². The number of hydrogen-bond acceptors (Lipinski definition) is 5. The van der Waals surface area contributed by atoms with Crippen molar-refractivity contribution in [2.75, 3.05) is 53.7 Å². The summed E-state index contributed by atoms with van der Waals surface area (Å²) in [6, 6.07) is 28.1. The number of rotatable bonds is 8. The van der Waals surface area contributed by atoms with Crippen LogP contribution in [0.1, 0.15) is 21.5 Å². The molecular weight excluding hydrogens is 550 g/mol. The van der Waals surface area contributed by atoms with Crippen molar-refractivity contribution in [1.29, 1.82) is 0 Å². The highest BCUT2D eigenvalue weighted by Crippen LogP contribution is 2.31. The van der Waals surface area contributed by atoms with E-state index < -0.39 is 6.03 Å². The van der Waals surface area contributed by atoms with E-state index in [1.807, 2.05) is 73.7 Å². The fraction of sp³-hybridized carbons (Fsp3) is 0.212. The molecule has 1 fully saturated rings. The average Bonchev–Trinajstić information content (AvgIpc) is 3.02. The quantitative estimate of drug-likeness (QED) is 0.219. The molecule has 5 rings (SSSR count). The molecule has 1 aliphatic heterocycles. The third kappa shape index (κ3) is 6.95. The van der Waals surface area contributed by atoms with Crippen LogP contribution in [-0.2, 0) is 6.54 Å². The van der Waals surface area contributed by atoms with E-state index >= 15 is 0 Å². The maximum atomic E-state index is 13.5. The molecule has 0 unspecified atom stereocenters. The van der Waals surface area contributed by atoms with Crippen molar-refractivity contribution < 1.29 is 14.3 Å². The Bertz CT molecular complexity index is 1550. The number of halogens is 1. The van der Waals surface area contributed by atoms with Crippen LogP contribution in [0.5, 0.6) is 5.75 Å². The van der Waals surface area contributed by atoms with Gasteiger partial charge < -0.3 is 30.5 Å². The fourth-order valence-electron chi connectivity index (χ4n) is 4.99. The second-order valence-electron chi connectivity index (χ2n) is 10.1. The predicted molar refractivity (Wildman–Crippen MR) is 170 cm³/mol. The van der Waals surface area contributed by atoms with Crippen molar-refractivity contribution in [3.05, 3.63) is 113 Å². The summed E-state index contributed by atoms with van der Waals surface area (Å²) in [6.07, 6.45) is 0. The molecule has 8 nitrogen and oxygen atoms in total. The number of carbonyl (C=O) groups is 2. The number of benzene rings is 4. The van der Waals surface area contributed by atoms with Crippen molar-refractivity contribution >= 4 is 46.3 Å². The standard InChI is InChI=1S/C33H34ClN5O3/c1-23-12-13-26(21-28(23)34)37-33(41)36-25-14-15-29(27(20-25)32(40)35-22-24-8-4-3-5-9-24)38-16-18-39(19-17-38)30-10-6-7-11-31(30)42-2/h3-15,20-21H,16-19,22H2,1-2H3,(H,35,40)(H2,36,37,41). The first-order valence-corrected chi connectivity index (χ1v) is 14.2. The first-order valence-electron chi connectivity index (χ1n) is 13.8. The number of carbonyl (C=O) groups excluding carboxylic acids is 2. The SMILES string of the molecule is COc1ccccc1N1CCN(c2ccc(NC(=O)Nc3ccc(C)c(Cl)c3)cc2C(=O)NCc2ccccc2)CC1. The van der Waals surface area contributed by atoms with Crippen molar-refractivity contribution in [1.82, 2.24) is 5.32 Å². The first-order chi connectivity index (χ1) is 20.4. The molecule has 216 valence electrons. The van der Waals surface area contributed by atoms with Crippen LogP contribution >= 0.6 is 11.6 Å². The van der Waals surface area contributed by atoms with Gasteiger partial charge in [0.2, 0.25) is 0 Å². The van der Waals surface area contributed by atoms with Gasteiger partial charge in [-0.15, -0.1) is 0 Å². The predicted octanol–water partition coefficient (Wildman–Crippen LogP) is 6.56. The number of nitrogens with zero attached hydrogens (tertiary/aromatic N) is 2. The minimum Gasteiger partial charge on any atom is -0.495 e. The van der Waals surface area contributed by atoms with Gasteiger partial charge in [-0.05, 0) is 60.5 Å². The Morgan fingerprint density at radius 1 is 0.786 bits per heavy atom. The molecule has 42 heavy (non-hydrogen) atoms. The van der Waals surface area contributed by atoms with E-state index in [2.05, 4.69) is 31.8 Å². The van der Waals surface area contributed by atoms with E-state index in [9.17, 15) is 9.59 Å². The largest absolute Gasteiger partial charge is 0.495 e. The molecule has 1 heterocycles. The van der Waals surface area contributed by atoms with Gasteiger partial charge in [-0.25, -0.2) is 4.79 Å². The Labute approximate surface area is 251 Å². The fourth-order valence-corrected chi connectivity index (χ4v) is 5.17. The van der Waals surface area contributed by atoms with Gasteiger partial charge in [0.15, 0.2) is 0 Å². The van der Waals surface area contributed by atoms with Gasteiger partial charge in [0.1, 0.15) is 5.75 Å². The molecule has 3 amide bonds. The van der Waals surface area contributed by atoms with Crippen LogP contribution in [0, 0.1) is 6.92 Å². The molecule has 0 saturated carbocycles. The Balaban J connectivity index is 1.33. The zero-order valence-electron chi connectivity index (χ0n) is 23.7. The van der Waals surface area contributed by atoms with Gasteiger partial charge in [-0.3, -0.25) is 4.79 Å². The van der Waals surface area contributed by atoms with Gasteiger partial charge in [0.05, 0.1) is 18.4 Å². The molecule has 0 atom stereocenters. The van der Waals surface area contributed by atoms with Crippen molar-refractivity contribution in [3.8, 4) is 5.75 Å². The number of amides is 3. The zero-order chi connectivity index (χ0) is 29.5. The van der Waals surface area contributed by atoms with Crippen LogP contribution in [0.2, 0.25) is 5.02 Å². The molecule has 0 aromatic heterocycles. The third-order valence-corrected chi connectivity index (χ3v) is 7.68. The molecule has 0 spiro atoms. The minimum absolute atomic E-state index is 0.213. The van der Waals surface area contributed by atoms with Gasteiger partial charge >= 0.3 is 6.03 Å². The van der Waals surface area contributed by atoms with Crippen LogP contribution in [0.15, 0.2) is 91.0 Å². The number of para-hydroxylation sites is 2. The lowest BCUT2D eigenvalue weighted by molar-refractivity contribution is 0.0951.